The van der Waals surface area contributed by atoms with E-state index >= 15 is 0 Å². The van der Waals surface area contributed by atoms with E-state index in [0.29, 0.717) is 11.2 Å². The van der Waals surface area contributed by atoms with Crippen molar-refractivity contribution in [2.75, 3.05) is 0 Å². The molecular formula is C13H12S. The molecule has 0 N–H and O–H groups in total. The first-order valence-electron chi connectivity index (χ1n) is 4.97. The molecule has 0 aromatic heterocycles. The molecule has 0 saturated heterocycles. The summed E-state index contributed by atoms with van der Waals surface area (Å²) in [6.07, 6.45) is 8.96. The van der Waals surface area contributed by atoms with E-state index in [1.807, 2.05) is 11.8 Å². The van der Waals surface area contributed by atoms with Crippen molar-refractivity contribution in [2.45, 2.75) is 23.0 Å². The molecule has 2 unspecified atom stereocenters. The summed E-state index contributed by atoms with van der Waals surface area (Å²) in [5, 5.41) is 0.635. The van der Waals surface area contributed by atoms with Gasteiger partial charge in [-0.25, -0.2) is 0 Å². The molecule has 0 bridgehead atoms. The van der Waals surface area contributed by atoms with E-state index in [2.05, 4.69) is 49.4 Å². The quantitative estimate of drug-likeness (QED) is 0.615. The Morgan fingerprint density at radius 1 is 1.14 bits per heavy atom. The SMILES string of the molecule is Cc1cccc2c1SC1C=CC=CC21. The number of rotatable bonds is 0. The maximum absolute atomic E-state index is 2.32. The maximum Gasteiger partial charge on any atom is 0.0381 e. The summed E-state index contributed by atoms with van der Waals surface area (Å²) in [5.41, 5.74) is 2.93. The average Bonchev–Trinajstić information content (AvgIpc) is 2.59. The zero-order valence-corrected chi connectivity index (χ0v) is 8.92. The van der Waals surface area contributed by atoms with Crippen LogP contribution in [0.15, 0.2) is 47.4 Å². The van der Waals surface area contributed by atoms with Crippen molar-refractivity contribution in [3.63, 3.8) is 0 Å². The second-order valence-corrected chi connectivity index (χ2v) is 5.06. The van der Waals surface area contributed by atoms with Gasteiger partial charge in [0.2, 0.25) is 0 Å². The van der Waals surface area contributed by atoms with E-state index in [1.54, 1.807) is 0 Å². The fourth-order valence-corrected chi connectivity index (χ4v) is 3.63. The number of fused-ring (bicyclic) bond motifs is 3. The molecule has 0 nitrogen and oxygen atoms in total. The standard InChI is InChI=1S/C13H12S/c1-9-5-4-7-11-10-6-2-3-8-12(10)14-13(9)11/h2-8,10,12H,1H3. The van der Waals surface area contributed by atoms with Crippen molar-refractivity contribution < 1.29 is 0 Å². The van der Waals surface area contributed by atoms with Crippen LogP contribution in [0.5, 0.6) is 0 Å². The van der Waals surface area contributed by atoms with Crippen LogP contribution in [-0.4, -0.2) is 5.25 Å². The lowest BCUT2D eigenvalue weighted by Crippen LogP contribution is -2.06. The summed E-state index contributed by atoms with van der Waals surface area (Å²) < 4.78 is 0. The van der Waals surface area contributed by atoms with E-state index in [0.717, 1.165) is 0 Å². The third kappa shape index (κ3) is 1.09. The van der Waals surface area contributed by atoms with Crippen LogP contribution in [0.3, 0.4) is 0 Å². The molecule has 70 valence electrons. The number of thioether (sulfide) groups is 1. The van der Waals surface area contributed by atoms with Crippen LogP contribution in [0.2, 0.25) is 0 Å². The highest BCUT2D eigenvalue weighted by Crippen LogP contribution is 2.48. The fourth-order valence-electron chi connectivity index (χ4n) is 2.21. The summed E-state index contributed by atoms with van der Waals surface area (Å²) in [5.74, 6) is 0.611. The number of aryl methyl sites for hydroxylation is 1. The lowest BCUT2D eigenvalue weighted by molar-refractivity contribution is 0.878. The predicted octanol–water partition coefficient (Wildman–Crippen LogP) is 3.68. The first-order valence-corrected chi connectivity index (χ1v) is 5.85. The lowest BCUT2D eigenvalue weighted by Gasteiger charge is -2.14. The molecule has 14 heavy (non-hydrogen) atoms. The molecule has 1 aliphatic carbocycles. The van der Waals surface area contributed by atoms with Crippen LogP contribution >= 0.6 is 11.8 Å². The number of benzene rings is 1. The summed E-state index contributed by atoms with van der Waals surface area (Å²) in [7, 11) is 0. The summed E-state index contributed by atoms with van der Waals surface area (Å²) in [4.78, 5) is 1.50. The Morgan fingerprint density at radius 2 is 2.00 bits per heavy atom. The van der Waals surface area contributed by atoms with Crippen LogP contribution in [0, 0.1) is 6.92 Å². The van der Waals surface area contributed by atoms with Crippen molar-refractivity contribution in [2.24, 2.45) is 0 Å². The van der Waals surface area contributed by atoms with Crippen molar-refractivity contribution in [1.29, 1.82) is 0 Å². The van der Waals surface area contributed by atoms with E-state index in [-0.39, 0.29) is 0 Å². The smallest absolute Gasteiger partial charge is 0.0381 e. The fraction of sp³-hybridized carbons (Fsp3) is 0.231. The molecule has 1 aromatic rings. The number of hydrogen-bond acceptors (Lipinski definition) is 1. The Hall–Kier alpha value is -0.950. The first kappa shape index (κ1) is 8.37. The largest absolute Gasteiger partial charge is 0.117 e. The Bertz CT molecular complexity index is 429. The molecule has 1 aromatic carbocycles. The lowest BCUT2D eigenvalue weighted by atomic mass is 9.92. The van der Waals surface area contributed by atoms with E-state index < -0.39 is 0 Å². The van der Waals surface area contributed by atoms with E-state index in [9.17, 15) is 0 Å². The molecule has 0 saturated carbocycles. The van der Waals surface area contributed by atoms with Crippen LogP contribution in [0.4, 0.5) is 0 Å². The van der Waals surface area contributed by atoms with Gasteiger partial charge in [-0.15, -0.1) is 11.8 Å². The monoisotopic (exact) mass is 200 g/mol. The van der Waals surface area contributed by atoms with Gasteiger partial charge in [-0.2, -0.15) is 0 Å². The first-order chi connectivity index (χ1) is 6.86. The highest BCUT2D eigenvalue weighted by molar-refractivity contribution is 8.00. The van der Waals surface area contributed by atoms with E-state index in [1.165, 1.54) is 16.0 Å². The molecule has 1 heteroatoms. The molecule has 0 spiro atoms. The van der Waals surface area contributed by atoms with Gasteiger partial charge in [-0.05, 0) is 18.1 Å². The minimum atomic E-state index is 0.611. The van der Waals surface area contributed by atoms with Crippen molar-refractivity contribution >= 4 is 11.8 Å². The molecular weight excluding hydrogens is 188 g/mol. The minimum absolute atomic E-state index is 0.611. The Labute approximate surface area is 88.7 Å². The van der Waals surface area contributed by atoms with Gasteiger partial charge in [-0.3, -0.25) is 0 Å². The summed E-state index contributed by atoms with van der Waals surface area (Å²) in [6.45, 7) is 2.20. The van der Waals surface area contributed by atoms with Crippen LogP contribution in [0.25, 0.3) is 0 Å². The van der Waals surface area contributed by atoms with Gasteiger partial charge < -0.3 is 0 Å². The average molecular weight is 200 g/mol. The van der Waals surface area contributed by atoms with Crippen LogP contribution < -0.4 is 0 Å². The van der Waals surface area contributed by atoms with Crippen molar-refractivity contribution in [3.8, 4) is 0 Å². The van der Waals surface area contributed by atoms with Gasteiger partial charge in [0, 0.05) is 16.1 Å². The third-order valence-electron chi connectivity index (χ3n) is 2.94. The van der Waals surface area contributed by atoms with Gasteiger partial charge in [0.05, 0.1) is 0 Å². The zero-order valence-electron chi connectivity index (χ0n) is 8.10. The molecule has 2 atom stereocenters. The van der Waals surface area contributed by atoms with Gasteiger partial charge in [0.1, 0.15) is 0 Å². The Morgan fingerprint density at radius 3 is 2.93 bits per heavy atom. The molecule has 0 fully saturated rings. The van der Waals surface area contributed by atoms with Gasteiger partial charge in [0.15, 0.2) is 0 Å². The van der Waals surface area contributed by atoms with Gasteiger partial charge in [-0.1, -0.05) is 42.5 Å². The second kappa shape index (κ2) is 3.03. The molecule has 2 aliphatic rings. The van der Waals surface area contributed by atoms with Crippen molar-refractivity contribution in [1.82, 2.24) is 0 Å². The number of hydrogen-bond donors (Lipinski definition) is 0. The van der Waals surface area contributed by atoms with E-state index in [4.69, 9.17) is 0 Å². The Balaban J connectivity index is 2.15. The zero-order chi connectivity index (χ0) is 9.54. The topological polar surface area (TPSA) is 0 Å². The maximum atomic E-state index is 2.32. The summed E-state index contributed by atoms with van der Waals surface area (Å²) in [6, 6.07) is 6.64. The third-order valence-corrected chi connectivity index (χ3v) is 4.46. The predicted molar refractivity (Wildman–Crippen MR) is 61.8 cm³/mol. The molecule has 1 aliphatic heterocycles. The second-order valence-electron chi connectivity index (χ2n) is 3.87. The van der Waals surface area contributed by atoms with Gasteiger partial charge >= 0.3 is 0 Å². The van der Waals surface area contributed by atoms with Crippen LogP contribution in [0.1, 0.15) is 17.0 Å². The summed E-state index contributed by atoms with van der Waals surface area (Å²) >= 11 is 2.01. The minimum Gasteiger partial charge on any atom is -0.117 e. The molecule has 0 radical (unpaired) electrons. The molecule has 3 rings (SSSR count). The van der Waals surface area contributed by atoms with Crippen molar-refractivity contribution in [3.05, 3.63) is 53.6 Å². The normalized spacial score (nSPS) is 27.5. The molecule has 0 amide bonds. The highest BCUT2D eigenvalue weighted by Gasteiger charge is 2.31. The Kier molecular flexibility index (Phi) is 1.81. The van der Waals surface area contributed by atoms with Crippen LogP contribution in [-0.2, 0) is 0 Å². The molecule has 1 heterocycles. The highest BCUT2D eigenvalue weighted by atomic mass is 32.2. The van der Waals surface area contributed by atoms with Gasteiger partial charge in [0.25, 0.3) is 0 Å². The number of allylic oxidation sites excluding steroid dienone is 3.